The molecule has 1 aliphatic rings. The predicted molar refractivity (Wildman–Crippen MR) is 89.0 cm³/mol. The maximum absolute atomic E-state index is 11.3. The van der Waals surface area contributed by atoms with E-state index in [9.17, 15) is 9.90 Å². The molecule has 0 heterocycles. The quantitative estimate of drug-likeness (QED) is 0.837. The van der Waals surface area contributed by atoms with Gasteiger partial charge in [0.1, 0.15) is 11.7 Å². The molecule has 0 radical (unpaired) electrons. The van der Waals surface area contributed by atoms with Gasteiger partial charge in [0.15, 0.2) is 0 Å². The van der Waals surface area contributed by atoms with Crippen LogP contribution in [0.25, 0.3) is 0 Å². The van der Waals surface area contributed by atoms with Crippen LogP contribution in [-0.2, 0) is 20.9 Å². The van der Waals surface area contributed by atoms with Crippen molar-refractivity contribution in [3.8, 4) is 0 Å². The third-order valence-electron chi connectivity index (χ3n) is 3.77. The number of rotatable bonds is 7. The highest BCUT2D eigenvalue weighted by atomic mass is 16.5. The molecule has 0 amide bonds. The molecule has 1 N–H and O–H groups in total. The maximum Gasteiger partial charge on any atom is 0.306 e. The van der Waals surface area contributed by atoms with E-state index in [1.807, 2.05) is 61.6 Å². The molecule has 0 spiro atoms. The molecular weight excluding hydrogens is 292 g/mol. The van der Waals surface area contributed by atoms with Gasteiger partial charge >= 0.3 is 5.97 Å². The molecule has 1 aromatic rings. The molecule has 0 aliphatic heterocycles. The number of hydrogen-bond donors (Lipinski definition) is 1. The van der Waals surface area contributed by atoms with Crippen molar-refractivity contribution >= 4 is 5.97 Å². The van der Waals surface area contributed by atoms with Crippen LogP contribution >= 0.6 is 0 Å². The molecule has 122 valence electrons. The molecule has 4 heteroatoms. The average molecular weight is 314 g/mol. The first-order chi connectivity index (χ1) is 11.1. The standard InChI is InChI=1S/C19H22O4/c1-3-7-15-10-11-19(13-18(20)21,17(12-15)22-2)23-14-16-8-5-4-6-9-16/h3-12,17H,13-14H2,1-2H3,(H,20,21). The average Bonchev–Trinajstić information content (AvgIpc) is 2.55. The Morgan fingerprint density at radius 3 is 2.70 bits per heavy atom. The number of benzene rings is 1. The third-order valence-corrected chi connectivity index (χ3v) is 3.77. The lowest BCUT2D eigenvalue weighted by molar-refractivity contribution is -0.151. The zero-order valence-corrected chi connectivity index (χ0v) is 13.4. The molecule has 0 saturated carbocycles. The van der Waals surface area contributed by atoms with Crippen molar-refractivity contribution in [2.45, 2.75) is 31.7 Å². The van der Waals surface area contributed by atoms with Crippen LogP contribution in [0.5, 0.6) is 0 Å². The Morgan fingerprint density at radius 2 is 2.09 bits per heavy atom. The number of ether oxygens (including phenoxy) is 2. The van der Waals surface area contributed by atoms with E-state index in [4.69, 9.17) is 9.47 Å². The lowest BCUT2D eigenvalue weighted by Gasteiger charge is -2.37. The van der Waals surface area contributed by atoms with Gasteiger partial charge in [-0.15, -0.1) is 0 Å². The lowest BCUT2D eigenvalue weighted by Crippen LogP contribution is -2.46. The number of allylic oxidation sites excluding steroid dienone is 4. The predicted octanol–water partition coefficient (Wildman–Crippen LogP) is 3.50. The fourth-order valence-corrected chi connectivity index (χ4v) is 2.64. The van der Waals surface area contributed by atoms with Gasteiger partial charge in [0.2, 0.25) is 0 Å². The number of carboxylic acid groups (broad SMARTS) is 1. The summed E-state index contributed by atoms with van der Waals surface area (Å²) in [6.45, 7) is 2.26. The van der Waals surface area contributed by atoms with E-state index in [1.54, 1.807) is 13.2 Å². The molecule has 2 unspecified atom stereocenters. The van der Waals surface area contributed by atoms with Crippen LogP contribution < -0.4 is 0 Å². The molecule has 0 bridgehead atoms. The summed E-state index contributed by atoms with van der Waals surface area (Å²) in [6, 6.07) is 9.68. The van der Waals surface area contributed by atoms with Gasteiger partial charge in [0.05, 0.1) is 13.0 Å². The van der Waals surface area contributed by atoms with Crippen molar-refractivity contribution in [1.29, 1.82) is 0 Å². The normalized spacial score (nSPS) is 23.9. The number of carbonyl (C=O) groups is 1. The van der Waals surface area contributed by atoms with Gasteiger partial charge in [-0.2, -0.15) is 0 Å². The van der Waals surface area contributed by atoms with Crippen molar-refractivity contribution in [3.63, 3.8) is 0 Å². The second-order valence-electron chi connectivity index (χ2n) is 5.46. The van der Waals surface area contributed by atoms with Crippen LogP contribution in [-0.4, -0.2) is 29.9 Å². The summed E-state index contributed by atoms with van der Waals surface area (Å²) >= 11 is 0. The van der Waals surface area contributed by atoms with Crippen LogP contribution in [0.1, 0.15) is 18.9 Å². The number of aliphatic carboxylic acids is 1. The highest BCUT2D eigenvalue weighted by Crippen LogP contribution is 2.32. The van der Waals surface area contributed by atoms with Crippen molar-refractivity contribution < 1.29 is 19.4 Å². The van der Waals surface area contributed by atoms with Crippen molar-refractivity contribution in [1.82, 2.24) is 0 Å². The molecule has 2 rings (SSSR count). The van der Waals surface area contributed by atoms with E-state index < -0.39 is 17.7 Å². The van der Waals surface area contributed by atoms with Gasteiger partial charge in [-0.25, -0.2) is 0 Å². The first-order valence-corrected chi connectivity index (χ1v) is 7.56. The zero-order valence-electron chi connectivity index (χ0n) is 13.4. The van der Waals surface area contributed by atoms with E-state index in [1.165, 1.54) is 0 Å². The zero-order chi connectivity index (χ0) is 16.7. The molecule has 0 aromatic heterocycles. The summed E-state index contributed by atoms with van der Waals surface area (Å²) in [5.41, 5.74) is 0.953. The minimum Gasteiger partial charge on any atom is -0.481 e. The molecule has 0 fully saturated rings. The van der Waals surface area contributed by atoms with Crippen LogP contribution in [0.2, 0.25) is 0 Å². The Bertz CT molecular complexity index is 616. The smallest absolute Gasteiger partial charge is 0.306 e. The molecule has 1 aromatic carbocycles. The largest absolute Gasteiger partial charge is 0.481 e. The summed E-state index contributed by atoms with van der Waals surface area (Å²) < 4.78 is 11.6. The molecule has 0 saturated heterocycles. The Labute approximate surface area is 136 Å². The van der Waals surface area contributed by atoms with Gasteiger partial charge in [-0.1, -0.05) is 48.6 Å². The second-order valence-corrected chi connectivity index (χ2v) is 5.46. The fraction of sp³-hybridized carbons (Fsp3) is 0.316. The first-order valence-electron chi connectivity index (χ1n) is 7.56. The van der Waals surface area contributed by atoms with E-state index in [0.717, 1.165) is 11.1 Å². The summed E-state index contributed by atoms with van der Waals surface area (Å²) in [5, 5.41) is 9.31. The Hall–Kier alpha value is -2.17. The van der Waals surface area contributed by atoms with Crippen molar-refractivity contribution in [2.24, 2.45) is 0 Å². The summed E-state index contributed by atoms with van der Waals surface area (Å²) in [4.78, 5) is 11.3. The summed E-state index contributed by atoms with van der Waals surface area (Å²) in [6.07, 6.45) is 8.83. The Morgan fingerprint density at radius 1 is 1.35 bits per heavy atom. The van der Waals surface area contributed by atoms with E-state index in [-0.39, 0.29) is 6.42 Å². The van der Waals surface area contributed by atoms with Crippen LogP contribution in [0.4, 0.5) is 0 Å². The molecule has 1 aliphatic carbocycles. The van der Waals surface area contributed by atoms with Crippen LogP contribution in [0.3, 0.4) is 0 Å². The lowest BCUT2D eigenvalue weighted by atomic mass is 9.85. The maximum atomic E-state index is 11.3. The first kappa shape index (κ1) is 17.2. The van der Waals surface area contributed by atoms with Crippen LogP contribution in [0.15, 0.2) is 66.3 Å². The second kappa shape index (κ2) is 7.90. The SMILES string of the molecule is CC=CC1=CC(OC)C(CC(=O)O)(OCc2ccccc2)C=C1. The fourth-order valence-electron chi connectivity index (χ4n) is 2.64. The molecule has 4 nitrogen and oxygen atoms in total. The van der Waals surface area contributed by atoms with Gasteiger partial charge < -0.3 is 14.6 Å². The van der Waals surface area contributed by atoms with Gasteiger partial charge in [-0.05, 0) is 30.2 Å². The summed E-state index contributed by atoms with van der Waals surface area (Å²) in [5.74, 6) is -0.923. The van der Waals surface area contributed by atoms with E-state index in [0.29, 0.717) is 6.61 Å². The number of carboxylic acids is 1. The van der Waals surface area contributed by atoms with Gasteiger partial charge in [-0.3, -0.25) is 4.79 Å². The van der Waals surface area contributed by atoms with Crippen molar-refractivity contribution in [3.05, 3.63) is 71.8 Å². The van der Waals surface area contributed by atoms with Crippen LogP contribution in [0, 0.1) is 0 Å². The summed E-state index contributed by atoms with van der Waals surface area (Å²) in [7, 11) is 1.57. The van der Waals surface area contributed by atoms with E-state index in [2.05, 4.69) is 0 Å². The minimum absolute atomic E-state index is 0.158. The molecular formula is C19H22O4. The van der Waals surface area contributed by atoms with Crippen molar-refractivity contribution in [2.75, 3.05) is 7.11 Å². The molecule has 2 atom stereocenters. The third kappa shape index (κ3) is 4.41. The number of methoxy groups -OCH3 is 1. The topological polar surface area (TPSA) is 55.8 Å². The minimum atomic E-state index is -1.01. The van der Waals surface area contributed by atoms with E-state index >= 15 is 0 Å². The number of hydrogen-bond acceptors (Lipinski definition) is 3. The Kier molecular flexibility index (Phi) is 5.90. The van der Waals surface area contributed by atoms with Gasteiger partial charge in [0, 0.05) is 7.11 Å². The Balaban J connectivity index is 2.25. The monoisotopic (exact) mass is 314 g/mol. The van der Waals surface area contributed by atoms with Gasteiger partial charge in [0.25, 0.3) is 0 Å². The highest BCUT2D eigenvalue weighted by Gasteiger charge is 2.41. The highest BCUT2D eigenvalue weighted by molar-refractivity contribution is 5.69. The molecule has 23 heavy (non-hydrogen) atoms.